The lowest BCUT2D eigenvalue weighted by Crippen LogP contribution is -2.24. The first kappa shape index (κ1) is 11.1. The van der Waals surface area contributed by atoms with Crippen LogP contribution >= 0.6 is 0 Å². The van der Waals surface area contributed by atoms with E-state index in [1.165, 1.54) is 12.4 Å². The Balaban J connectivity index is 2.01. The quantitative estimate of drug-likeness (QED) is 0.758. The molecule has 2 aromatic heterocycles. The van der Waals surface area contributed by atoms with Gasteiger partial charge in [0.15, 0.2) is 5.82 Å². The smallest absolute Gasteiger partial charge is 0.255 e. The number of aryl methyl sites for hydroxylation is 1. The fourth-order valence-electron chi connectivity index (χ4n) is 1.31. The minimum atomic E-state index is -0.289. The van der Waals surface area contributed by atoms with Crippen molar-refractivity contribution in [2.75, 3.05) is 5.73 Å². The van der Waals surface area contributed by atoms with Crippen LogP contribution < -0.4 is 11.1 Å². The number of aromatic nitrogens is 4. The second kappa shape index (κ2) is 4.60. The molecule has 0 aliphatic carbocycles. The van der Waals surface area contributed by atoms with Gasteiger partial charge in [-0.3, -0.25) is 14.5 Å². The number of nitrogens with two attached hydrogens (primary N) is 1. The number of carbonyl (C=O) groups is 1. The number of hydrogen-bond donors (Lipinski definition) is 2. The number of anilines is 1. The van der Waals surface area contributed by atoms with Crippen LogP contribution in [0.25, 0.3) is 0 Å². The zero-order valence-electron chi connectivity index (χ0n) is 9.29. The van der Waals surface area contributed by atoms with Gasteiger partial charge < -0.3 is 11.1 Å². The molecule has 0 fully saturated rings. The van der Waals surface area contributed by atoms with Crippen LogP contribution in [0.15, 0.2) is 24.8 Å². The van der Waals surface area contributed by atoms with Crippen LogP contribution in [0.4, 0.5) is 5.69 Å². The molecule has 0 saturated carbocycles. The minimum Gasteiger partial charge on any atom is -0.398 e. The van der Waals surface area contributed by atoms with Crippen molar-refractivity contribution in [2.24, 2.45) is 7.05 Å². The number of nitrogens with zero attached hydrogens (tertiary/aromatic N) is 4. The predicted molar refractivity (Wildman–Crippen MR) is 60.8 cm³/mol. The summed E-state index contributed by atoms with van der Waals surface area (Å²) in [5.74, 6) is 0.256. The fraction of sp³-hybridized carbons (Fsp3) is 0.200. The van der Waals surface area contributed by atoms with Gasteiger partial charge in [0.1, 0.15) is 6.33 Å². The average molecular weight is 232 g/mol. The Morgan fingerprint density at radius 3 is 3.06 bits per heavy atom. The van der Waals surface area contributed by atoms with Gasteiger partial charge in [0.25, 0.3) is 5.91 Å². The summed E-state index contributed by atoms with van der Waals surface area (Å²) in [5, 5.41) is 6.71. The van der Waals surface area contributed by atoms with E-state index in [-0.39, 0.29) is 12.5 Å². The van der Waals surface area contributed by atoms with Crippen LogP contribution in [0.2, 0.25) is 0 Å². The predicted octanol–water partition coefficient (Wildman–Crippen LogP) is -0.278. The molecule has 0 unspecified atom stereocenters. The van der Waals surface area contributed by atoms with Crippen LogP contribution in [-0.4, -0.2) is 25.7 Å². The van der Waals surface area contributed by atoms with Crippen molar-refractivity contribution in [3.8, 4) is 0 Å². The van der Waals surface area contributed by atoms with E-state index in [0.717, 1.165) is 0 Å². The molecular formula is C10H12N6O. The summed E-state index contributed by atoms with van der Waals surface area (Å²) >= 11 is 0. The van der Waals surface area contributed by atoms with Gasteiger partial charge in [-0.05, 0) is 6.07 Å². The van der Waals surface area contributed by atoms with Gasteiger partial charge in [-0.2, -0.15) is 5.10 Å². The number of rotatable bonds is 3. The second-order valence-corrected chi connectivity index (χ2v) is 3.48. The minimum absolute atomic E-state index is 0.258. The van der Waals surface area contributed by atoms with Crippen molar-refractivity contribution >= 4 is 11.6 Å². The molecule has 2 rings (SSSR count). The Bertz CT molecular complexity index is 535. The molecule has 0 aliphatic heterocycles. The number of carbonyl (C=O) groups excluding carboxylic acids is 1. The lowest BCUT2D eigenvalue weighted by molar-refractivity contribution is 0.0950. The maximum absolute atomic E-state index is 11.8. The van der Waals surface area contributed by atoms with Gasteiger partial charge in [-0.1, -0.05) is 0 Å². The first-order valence-corrected chi connectivity index (χ1v) is 4.99. The molecule has 0 bridgehead atoms. The van der Waals surface area contributed by atoms with Gasteiger partial charge in [0.2, 0.25) is 0 Å². The fourth-order valence-corrected chi connectivity index (χ4v) is 1.31. The number of amides is 1. The van der Waals surface area contributed by atoms with E-state index >= 15 is 0 Å². The Morgan fingerprint density at radius 2 is 2.41 bits per heavy atom. The van der Waals surface area contributed by atoms with E-state index < -0.39 is 0 Å². The number of nitrogen functional groups attached to an aromatic ring is 1. The van der Waals surface area contributed by atoms with E-state index in [9.17, 15) is 4.79 Å². The third-order valence-corrected chi connectivity index (χ3v) is 2.15. The maximum atomic E-state index is 11.8. The zero-order valence-corrected chi connectivity index (χ0v) is 9.29. The third-order valence-electron chi connectivity index (χ3n) is 2.15. The normalized spacial score (nSPS) is 10.2. The summed E-state index contributed by atoms with van der Waals surface area (Å²) in [4.78, 5) is 19.6. The van der Waals surface area contributed by atoms with Crippen LogP contribution in [-0.2, 0) is 13.6 Å². The van der Waals surface area contributed by atoms with E-state index in [1.54, 1.807) is 24.1 Å². The van der Waals surface area contributed by atoms with Crippen molar-refractivity contribution in [1.29, 1.82) is 0 Å². The molecule has 1 amide bonds. The molecule has 2 aromatic rings. The van der Waals surface area contributed by atoms with E-state index in [1.807, 2.05) is 0 Å². The second-order valence-electron chi connectivity index (χ2n) is 3.48. The highest BCUT2D eigenvalue weighted by atomic mass is 16.1. The Kier molecular flexibility index (Phi) is 2.99. The SMILES string of the molecule is Cn1cnc(CNC(=O)c2cnccc2N)n1. The molecule has 0 spiro atoms. The van der Waals surface area contributed by atoms with E-state index in [2.05, 4.69) is 20.4 Å². The van der Waals surface area contributed by atoms with Gasteiger partial charge in [0.05, 0.1) is 12.1 Å². The molecule has 0 atom stereocenters. The summed E-state index contributed by atoms with van der Waals surface area (Å²) in [5.41, 5.74) is 6.40. The first-order chi connectivity index (χ1) is 8.16. The monoisotopic (exact) mass is 232 g/mol. The Morgan fingerprint density at radius 1 is 1.59 bits per heavy atom. The molecule has 0 aliphatic rings. The molecule has 0 saturated heterocycles. The van der Waals surface area contributed by atoms with Crippen molar-refractivity contribution < 1.29 is 4.79 Å². The number of nitrogens with one attached hydrogen (secondary N) is 1. The molecule has 0 aromatic carbocycles. The lowest BCUT2D eigenvalue weighted by atomic mass is 10.2. The van der Waals surface area contributed by atoms with Crippen molar-refractivity contribution in [3.63, 3.8) is 0 Å². The number of hydrogen-bond acceptors (Lipinski definition) is 5. The van der Waals surface area contributed by atoms with Crippen LogP contribution in [0.5, 0.6) is 0 Å². The maximum Gasteiger partial charge on any atom is 0.255 e. The Hall–Kier alpha value is -2.44. The number of pyridine rings is 1. The lowest BCUT2D eigenvalue weighted by Gasteiger charge is -2.04. The van der Waals surface area contributed by atoms with Gasteiger partial charge in [0, 0.05) is 25.1 Å². The molecule has 3 N–H and O–H groups in total. The van der Waals surface area contributed by atoms with Crippen molar-refractivity contribution in [3.05, 3.63) is 36.2 Å². The van der Waals surface area contributed by atoms with Gasteiger partial charge >= 0.3 is 0 Å². The summed E-state index contributed by atoms with van der Waals surface area (Å²) in [7, 11) is 1.76. The molecule has 17 heavy (non-hydrogen) atoms. The highest BCUT2D eigenvalue weighted by Crippen LogP contribution is 2.07. The summed E-state index contributed by atoms with van der Waals surface area (Å²) in [6.07, 6.45) is 4.53. The molecule has 7 nitrogen and oxygen atoms in total. The van der Waals surface area contributed by atoms with Gasteiger partial charge in [-0.15, -0.1) is 0 Å². The topological polar surface area (TPSA) is 98.7 Å². The molecule has 88 valence electrons. The highest BCUT2D eigenvalue weighted by molar-refractivity contribution is 5.98. The van der Waals surface area contributed by atoms with Crippen molar-refractivity contribution in [2.45, 2.75) is 6.54 Å². The molecular weight excluding hydrogens is 220 g/mol. The average Bonchev–Trinajstić information content (AvgIpc) is 2.73. The van der Waals surface area contributed by atoms with Crippen LogP contribution in [0.3, 0.4) is 0 Å². The molecule has 7 heteroatoms. The first-order valence-electron chi connectivity index (χ1n) is 4.99. The largest absolute Gasteiger partial charge is 0.398 e. The third kappa shape index (κ3) is 2.57. The van der Waals surface area contributed by atoms with E-state index in [0.29, 0.717) is 17.1 Å². The summed E-state index contributed by atoms with van der Waals surface area (Å²) < 4.78 is 1.57. The van der Waals surface area contributed by atoms with Crippen LogP contribution in [0.1, 0.15) is 16.2 Å². The van der Waals surface area contributed by atoms with Crippen molar-refractivity contribution in [1.82, 2.24) is 25.1 Å². The highest BCUT2D eigenvalue weighted by Gasteiger charge is 2.09. The zero-order chi connectivity index (χ0) is 12.3. The van der Waals surface area contributed by atoms with Gasteiger partial charge in [-0.25, -0.2) is 4.98 Å². The van der Waals surface area contributed by atoms with E-state index in [4.69, 9.17) is 5.73 Å². The van der Waals surface area contributed by atoms with Crippen LogP contribution in [0, 0.1) is 0 Å². The molecule has 2 heterocycles. The Labute approximate surface area is 97.7 Å². The molecule has 0 radical (unpaired) electrons. The summed E-state index contributed by atoms with van der Waals surface area (Å²) in [6, 6.07) is 1.58. The standard InChI is InChI=1S/C10H12N6O/c1-16-6-14-9(15-16)5-13-10(17)7-4-12-3-2-8(7)11/h2-4,6H,5H2,1H3,(H2,11,12)(H,13,17). The summed E-state index contributed by atoms with van der Waals surface area (Å²) in [6.45, 7) is 0.258.